The van der Waals surface area contributed by atoms with E-state index in [2.05, 4.69) is 9.97 Å². The van der Waals surface area contributed by atoms with Gasteiger partial charge in [-0.3, -0.25) is 0 Å². The standard InChI is InChI=1S/C13H11F2N3O2S/c14-10-1-2-13(11(15)5-10)21(19,20)18-4-3-12-9(7-18)6-16-8-17-12/h1-2,5-6,8H,3-4,7H2. The van der Waals surface area contributed by atoms with Crippen LogP contribution in [0.5, 0.6) is 0 Å². The summed E-state index contributed by atoms with van der Waals surface area (Å²) in [5.74, 6) is -1.91. The molecule has 0 N–H and O–H groups in total. The predicted octanol–water partition coefficient (Wildman–Crippen LogP) is 1.50. The van der Waals surface area contributed by atoms with Gasteiger partial charge in [-0.25, -0.2) is 27.2 Å². The fraction of sp³-hybridized carbons (Fsp3) is 0.231. The van der Waals surface area contributed by atoms with Gasteiger partial charge in [-0.1, -0.05) is 0 Å². The fourth-order valence-electron chi connectivity index (χ4n) is 2.27. The molecule has 0 aliphatic carbocycles. The summed E-state index contributed by atoms with van der Waals surface area (Å²) in [6, 6.07) is 2.43. The molecule has 3 rings (SSSR count). The van der Waals surface area contributed by atoms with E-state index < -0.39 is 26.6 Å². The Morgan fingerprint density at radius 3 is 2.81 bits per heavy atom. The first-order valence-electron chi connectivity index (χ1n) is 6.21. The lowest BCUT2D eigenvalue weighted by molar-refractivity contribution is 0.383. The molecule has 0 saturated heterocycles. The molecule has 1 aliphatic heterocycles. The molecule has 8 heteroatoms. The number of hydrogen-bond donors (Lipinski definition) is 0. The van der Waals surface area contributed by atoms with Gasteiger partial charge in [0.15, 0.2) is 0 Å². The first kappa shape index (κ1) is 14.0. The van der Waals surface area contributed by atoms with Crippen LogP contribution in [0.1, 0.15) is 11.3 Å². The Morgan fingerprint density at radius 2 is 2.05 bits per heavy atom. The summed E-state index contributed by atoms with van der Waals surface area (Å²) in [5.41, 5.74) is 1.48. The molecule has 110 valence electrons. The molecule has 2 aromatic rings. The van der Waals surface area contributed by atoms with Crippen molar-refractivity contribution < 1.29 is 17.2 Å². The van der Waals surface area contributed by atoms with Gasteiger partial charge in [0.2, 0.25) is 10.0 Å². The molecular formula is C13H11F2N3O2S. The second-order valence-corrected chi connectivity index (χ2v) is 6.56. The van der Waals surface area contributed by atoms with Gasteiger partial charge in [-0.2, -0.15) is 4.31 Å². The average molecular weight is 311 g/mol. The van der Waals surface area contributed by atoms with Crippen LogP contribution in [0.3, 0.4) is 0 Å². The van der Waals surface area contributed by atoms with Crippen molar-refractivity contribution in [3.63, 3.8) is 0 Å². The van der Waals surface area contributed by atoms with Gasteiger partial charge in [0.05, 0.1) is 0 Å². The number of halogens is 2. The quantitative estimate of drug-likeness (QED) is 0.843. The third-order valence-corrected chi connectivity index (χ3v) is 5.22. The van der Waals surface area contributed by atoms with Gasteiger partial charge in [-0.15, -0.1) is 0 Å². The van der Waals surface area contributed by atoms with Crippen LogP contribution in [-0.2, 0) is 23.0 Å². The fourth-order valence-corrected chi connectivity index (χ4v) is 3.73. The van der Waals surface area contributed by atoms with E-state index in [-0.39, 0.29) is 13.1 Å². The Morgan fingerprint density at radius 1 is 1.24 bits per heavy atom. The molecule has 21 heavy (non-hydrogen) atoms. The maximum Gasteiger partial charge on any atom is 0.246 e. The minimum atomic E-state index is -4.02. The van der Waals surface area contributed by atoms with Gasteiger partial charge >= 0.3 is 0 Å². The summed E-state index contributed by atoms with van der Waals surface area (Å²) in [5, 5.41) is 0. The molecule has 0 radical (unpaired) electrons. The third-order valence-electron chi connectivity index (χ3n) is 3.34. The zero-order valence-corrected chi connectivity index (χ0v) is 11.6. The molecule has 0 fully saturated rings. The monoisotopic (exact) mass is 311 g/mol. The SMILES string of the molecule is O=S(=O)(c1ccc(F)cc1F)N1CCc2ncncc2C1. The normalized spacial score (nSPS) is 15.7. The number of rotatable bonds is 2. The molecule has 0 atom stereocenters. The Labute approximate surface area is 120 Å². The minimum Gasteiger partial charge on any atom is -0.244 e. The number of aromatic nitrogens is 2. The number of nitrogens with zero attached hydrogens (tertiary/aromatic N) is 3. The van der Waals surface area contributed by atoms with E-state index in [1.54, 1.807) is 6.20 Å². The maximum atomic E-state index is 13.7. The van der Waals surface area contributed by atoms with Crippen LogP contribution in [-0.4, -0.2) is 29.2 Å². The van der Waals surface area contributed by atoms with Crippen molar-refractivity contribution in [3.05, 3.63) is 53.6 Å². The highest BCUT2D eigenvalue weighted by Gasteiger charge is 2.31. The molecule has 1 aromatic carbocycles. The Kier molecular flexibility index (Phi) is 3.42. The molecule has 0 spiro atoms. The number of fused-ring (bicyclic) bond motifs is 1. The highest BCUT2D eigenvalue weighted by atomic mass is 32.2. The van der Waals surface area contributed by atoms with Crippen molar-refractivity contribution in [1.29, 1.82) is 0 Å². The van der Waals surface area contributed by atoms with Gasteiger partial charge in [0, 0.05) is 43.0 Å². The summed E-state index contributed by atoms with van der Waals surface area (Å²) < 4.78 is 52.7. The van der Waals surface area contributed by atoms with E-state index in [0.29, 0.717) is 18.1 Å². The highest BCUT2D eigenvalue weighted by molar-refractivity contribution is 7.89. The number of hydrogen-bond acceptors (Lipinski definition) is 4. The summed E-state index contributed by atoms with van der Waals surface area (Å²) in [4.78, 5) is 7.42. The number of benzene rings is 1. The zero-order chi connectivity index (χ0) is 15.0. The average Bonchev–Trinajstić information content (AvgIpc) is 2.46. The Bertz CT molecular complexity index is 796. The van der Waals surface area contributed by atoms with Crippen LogP contribution in [0.25, 0.3) is 0 Å². The van der Waals surface area contributed by atoms with Crippen molar-refractivity contribution >= 4 is 10.0 Å². The van der Waals surface area contributed by atoms with Crippen LogP contribution < -0.4 is 0 Å². The topological polar surface area (TPSA) is 63.2 Å². The first-order chi connectivity index (χ1) is 9.98. The molecule has 5 nitrogen and oxygen atoms in total. The second-order valence-electron chi connectivity index (χ2n) is 4.66. The molecule has 1 aliphatic rings. The molecule has 0 saturated carbocycles. The lowest BCUT2D eigenvalue weighted by Crippen LogP contribution is -2.36. The maximum absolute atomic E-state index is 13.7. The summed E-state index contributed by atoms with van der Waals surface area (Å²) in [6.45, 7) is 0.276. The molecule has 0 amide bonds. The molecule has 0 bridgehead atoms. The molecule has 2 heterocycles. The van der Waals surface area contributed by atoms with E-state index in [4.69, 9.17) is 0 Å². The Balaban J connectivity index is 1.97. The highest BCUT2D eigenvalue weighted by Crippen LogP contribution is 2.25. The lowest BCUT2D eigenvalue weighted by atomic mass is 10.1. The lowest BCUT2D eigenvalue weighted by Gasteiger charge is -2.27. The van der Waals surface area contributed by atoms with Gasteiger partial charge in [0.25, 0.3) is 0 Å². The van der Waals surface area contributed by atoms with Crippen LogP contribution in [0, 0.1) is 11.6 Å². The van der Waals surface area contributed by atoms with Gasteiger partial charge in [0.1, 0.15) is 22.9 Å². The number of sulfonamides is 1. The van der Waals surface area contributed by atoms with E-state index in [9.17, 15) is 17.2 Å². The summed E-state index contributed by atoms with van der Waals surface area (Å²) in [6.07, 6.45) is 3.38. The van der Waals surface area contributed by atoms with Crippen molar-refractivity contribution in [3.8, 4) is 0 Å². The predicted molar refractivity (Wildman–Crippen MR) is 69.7 cm³/mol. The third kappa shape index (κ3) is 2.52. The molecule has 0 unspecified atom stereocenters. The van der Waals surface area contributed by atoms with Crippen LogP contribution in [0.4, 0.5) is 8.78 Å². The molecular weight excluding hydrogens is 300 g/mol. The smallest absolute Gasteiger partial charge is 0.244 e. The minimum absolute atomic E-state index is 0.0787. The van der Waals surface area contributed by atoms with Crippen LogP contribution in [0.2, 0.25) is 0 Å². The van der Waals surface area contributed by atoms with E-state index in [0.717, 1.165) is 22.1 Å². The van der Waals surface area contributed by atoms with Crippen molar-refractivity contribution in [2.75, 3.05) is 6.54 Å². The van der Waals surface area contributed by atoms with Crippen LogP contribution in [0.15, 0.2) is 35.6 Å². The van der Waals surface area contributed by atoms with Crippen molar-refractivity contribution in [2.45, 2.75) is 17.9 Å². The van der Waals surface area contributed by atoms with Gasteiger partial charge < -0.3 is 0 Å². The van der Waals surface area contributed by atoms with Gasteiger partial charge in [-0.05, 0) is 12.1 Å². The zero-order valence-electron chi connectivity index (χ0n) is 10.8. The van der Waals surface area contributed by atoms with E-state index >= 15 is 0 Å². The summed E-state index contributed by atoms with van der Waals surface area (Å²) in [7, 11) is -4.02. The Hall–Kier alpha value is -1.93. The van der Waals surface area contributed by atoms with E-state index in [1.807, 2.05) is 0 Å². The van der Waals surface area contributed by atoms with Crippen molar-refractivity contribution in [2.24, 2.45) is 0 Å². The molecule has 1 aromatic heterocycles. The summed E-state index contributed by atoms with van der Waals surface area (Å²) >= 11 is 0. The van der Waals surface area contributed by atoms with E-state index in [1.165, 1.54) is 6.33 Å². The largest absolute Gasteiger partial charge is 0.246 e. The van der Waals surface area contributed by atoms with Crippen LogP contribution >= 0.6 is 0 Å². The first-order valence-corrected chi connectivity index (χ1v) is 7.65. The second kappa shape index (κ2) is 5.12. The van der Waals surface area contributed by atoms with Crippen molar-refractivity contribution in [1.82, 2.24) is 14.3 Å².